The number of hydrogen-bond acceptors (Lipinski definition) is 0. The molecule has 0 radical (unpaired) electrons. The van der Waals surface area contributed by atoms with Gasteiger partial charge in [-0.15, -0.1) is 17.4 Å². The summed E-state index contributed by atoms with van der Waals surface area (Å²) in [5.74, 6) is 2.33. The molecule has 0 aromatic heterocycles. The van der Waals surface area contributed by atoms with Gasteiger partial charge in [-0.1, -0.05) is 73.6 Å². The van der Waals surface area contributed by atoms with E-state index in [0.717, 1.165) is 11.8 Å². The van der Waals surface area contributed by atoms with Gasteiger partial charge in [-0.05, 0) is 12.3 Å². The molecule has 19 heavy (non-hydrogen) atoms. The third-order valence-corrected chi connectivity index (χ3v) is 5.56. The molecule has 1 heteroatoms. The maximum Gasteiger partial charge on any atom is 0 e. The quantitative estimate of drug-likeness (QED) is 0.616. The summed E-state index contributed by atoms with van der Waals surface area (Å²) in [6.45, 7) is 0. The van der Waals surface area contributed by atoms with Crippen LogP contribution in [0.3, 0.4) is 0 Å². The predicted molar refractivity (Wildman–Crippen MR) is 75.8 cm³/mol. The molecule has 0 nitrogen and oxygen atoms in total. The largest absolute Gasteiger partial charge is 0.311 e. The van der Waals surface area contributed by atoms with Gasteiger partial charge in [-0.3, -0.25) is 0 Å². The van der Waals surface area contributed by atoms with Crippen LogP contribution in [0.15, 0.2) is 48.1 Å². The molecule has 98 valence electrons. The minimum Gasteiger partial charge on any atom is -0.311 e. The van der Waals surface area contributed by atoms with Gasteiger partial charge >= 0.3 is 0 Å². The van der Waals surface area contributed by atoms with Crippen molar-refractivity contribution >= 4 is 0 Å². The number of hydrogen-bond donors (Lipinski definition) is 0. The zero-order valence-electron chi connectivity index (χ0n) is 11.4. The summed E-state index contributed by atoms with van der Waals surface area (Å²) >= 11 is 0. The summed E-state index contributed by atoms with van der Waals surface area (Å²) in [5.41, 5.74) is 2.12. The topological polar surface area (TPSA) is 0 Å². The molecule has 0 aromatic carbocycles. The second-order valence-electron chi connectivity index (χ2n) is 6.31. The van der Waals surface area contributed by atoms with Crippen LogP contribution in [0.5, 0.6) is 0 Å². The van der Waals surface area contributed by atoms with Crippen molar-refractivity contribution in [3.05, 3.63) is 54.5 Å². The van der Waals surface area contributed by atoms with Crippen LogP contribution < -0.4 is 0 Å². The number of allylic oxidation sites excluding steroid dienone is 8. The Labute approximate surface area is 135 Å². The Morgan fingerprint density at radius 3 is 2.84 bits per heavy atom. The van der Waals surface area contributed by atoms with Crippen molar-refractivity contribution in [2.75, 3.05) is 0 Å². The first-order valence-electron chi connectivity index (χ1n) is 7.47. The number of rotatable bonds is 1. The molecule has 0 aliphatic heterocycles. The molecule has 4 aliphatic carbocycles. The SMILES string of the molecule is C1=CCC(C23[CH-]C4C=CC=CC4C2CCCC3)=C1.[Zr]. The van der Waals surface area contributed by atoms with Crippen LogP contribution in [0, 0.1) is 29.6 Å². The average Bonchev–Trinajstić information content (AvgIpc) is 3.05. The van der Waals surface area contributed by atoms with Crippen LogP contribution in [-0.4, -0.2) is 0 Å². The zero-order valence-corrected chi connectivity index (χ0v) is 13.8. The molecule has 0 amide bonds. The Balaban J connectivity index is 0.00000110. The van der Waals surface area contributed by atoms with E-state index in [2.05, 4.69) is 49.0 Å². The smallest absolute Gasteiger partial charge is 0 e. The van der Waals surface area contributed by atoms with Crippen molar-refractivity contribution in [2.24, 2.45) is 23.2 Å². The summed E-state index contributed by atoms with van der Waals surface area (Å²) in [4.78, 5) is 0. The fourth-order valence-electron chi connectivity index (χ4n) is 4.82. The van der Waals surface area contributed by atoms with E-state index in [-0.39, 0.29) is 26.2 Å². The van der Waals surface area contributed by atoms with Crippen LogP contribution in [0.1, 0.15) is 32.1 Å². The van der Waals surface area contributed by atoms with Gasteiger partial charge in [0.2, 0.25) is 0 Å². The van der Waals surface area contributed by atoms with E-state index in [1.807, 2.05) is 0 Å². The molecule has 0 spiro atoms. The second-order valence-corrected chi connectivity index (χ2v) is 6.31. The van der Waals surface area contributed by atoms with Crippen molar-refractivity contribution in [1.82, 2.24) is 0 Å². The number of fused-ring (bicyclic) bond motifs is 3. The summed E-state index contributed by atoms with van der Waals surface area (Å²) in [6.07, 6.45) is 26.0. The van der Waals surface area contributed by atoms with E-state index >= 15 is 0 Å². The standard InChI is InChI=1S/C18H21.Zr/c1-4-10-16-14(7-1)13-18(15-8-2-3-9-15)12-6-5-11-17(16)18;/h1-4,7-8,10,13-14,16-17H,5-6,9,11-12H2;/q-1;. The van der Waals surface area contributed by atoms with Crippen LogP contribution >= 0.6 is 0 Å². The molecule has 0 saturated heterocycles. The van der Waals surface area contributed by atoms with E-state index < -0.39 is 0 Å². The van der Waals surface area contributed by atoms with Crippen LogP contribution in [0.2, 0.25) is 0 Å². The second kappa shape index (κ2) is 5.32. The van der Waals surface area contributed by atoms with Crippen LogP contribution in [0.25, 0.3) is 0 Å². The van der Waals surface area contributed by atoms with Crippen molar-refractivity contribution in [1.29, 1.82) is 0 Å². The maximum atomic E-state index is 2.71. The molecule has 0 bridgehead atoms. The van der Waals surface area contributed by atoms with Gasteiger partial charge < -0.3 is 6.42 Å². The molecule has 0 heterocycles. The van der Waals surface area contributed by atoms with E-state index in [1.165, 1.54) is 32.1 Å². The summed E-state index contributed by atoms with van der Waals surface area (Å²) < 4.78 is 0. The molecule has 4 atom stereocenters. The monoisotopic (exact) mass is 327 g/mol. The normalized spacial score (nSPS) is 42.5. The molecular formula is C18H21Zr-. The van der Waals surface area contributed by atoms with Gasteiger partial charge in [0.15, 0.2) is 0 Å². The Bertz CT molecular complexity index is 468. The predicted octanol–water partition coefficient (Wildman–Crippen LogP) is 4.62. The molecule has 4 unspecified atom stereocenters. The van der Waals surface area contributed by atoms with Gasteiger partial charge in [0.25, 0.3) is 0 Å². The van der Waals surface area contributed by atoms with Crippen molar-refractivity contribution in [3.63, 3.8) is 0 Å². The molecule has 2 fully saturated rings. The molecule has 2 saturated carbocycles. The fraction of sp³-hybridized carbons (Fsp3) is 0.500. The van der Waals surface area contributed by atoms with Crippen LogP contribution in [-0.2, 0) is 26.2 Å². The van der Waals surface area contributed by atoms with E-state index in [0.29, 0.717) is 11.3 Å². The van der Waals surface area contributed by atoms with E-state index in [9.17, 15) is 0 Å². The summed E-state index contributed by atoms with van der Waals surface area (Å²) in [7, 11) is 0. The first-order valence-corrected chi connectivity index (χ1v) is 7.47. The van der Waals surface area contributed by atoms with E-state index in [4.69, 9.17) is 0 Å². The fourth-order valence-corrected chi connectivity index (χ4v) is 4.82. The Kier molecular flexibility index (Phi) is 3.87. The molecular weight excluding hydrogens is 307 g/mol. The molecule has 0 aromatic rings. The average molecular weight is 329 g/mol. The molecule has 4 aliphatic rings. The van der Waals surface area contributed by atoms with Gasteiger partial charge in [0.05, 0.1) is 0 Å². The molecule has 4 rings (SSSR count). The minimum atomic E-state index is 0. The van der Waals surface area contributed by atoms with E-state index in [1.54, 1.807) is 5.57 Å². The maximum absolute atomic E-state index is 2.71. The first-order chi connectivity index (χ1) is 8.90. The van der Waals surface area contributed by atoms with Crippen molar-refractivity contribution < 1.29 is 26.2 Å². The Hall–Kier alpha value is -0.157. The molecule has 0 N–H and O–H groups in total. The summed E-state index contributed by atoms with van der Waals surface area (Å²) in [6, 6.07) is 0. The van der Waals surface area contributed by atoms with Crippen molar-refractivity contribution in [3.8, 4) is 0 Å². The van der Waals surface area contributed by atoms with Crippen molar-refractivity contribution in [2.45, 2.75) is 32.1 Å². The first kappa shape index (κ1) is 13.8. The third-order valence-electron chi connectivity index (χ3n) is 5.56. The minimum absolute atomic E-state index is 0. The Morgan fingerprint density at radius 1 is 1.11 bits per heavy atom. The van der Waals surface area contributed by atoms with Gasteiger partial charge in [-0.2, -0.15) is 0 Å². The van der Waals surface area contributed by atoms with Crippen LogP contribution in [0.4, 0.5) is 0 Å². The Morgan fingerprint density at radius 2 is 2.00 bits per heavy atom. The van der Waals surface area contributed by atoms with Gasteiger partial charge in [0, 0.05) is 26.2 Å². The third kappa shape index (κ3) is 2.04. The zero-order chi connectivity index (χ0) is 12.0. The van der Waals surface area contributed by atoms with Gasteiger partial charge in [-0.25, -0.2) is 0 Å². The van der Waals surface area contributed by atoms with Gasteiger partial charge in [0.1, 0.15) is 0 Å². The summed E-state index contributed by atoms with van der Waals surface area (Å²) in [5, 5.41) is 0.